The van der Waals surface area contributed by atoms with Crippen molar-refractivity contribution in [3.63, 3.8) is 0 Å². The van der Waals surface area contributed by atoms with E-state index in [9.17, 15) is 26.7 Å². The Kier molecular flexibility index (Phi) is 4.47. The van der Waals surface area contributed by atoms with Crippen LogP contribution in [0.25, 0.3) is 5.78 Å². The lowest BCUT2D eigenvalue weighted by molar-refractivity contribution is -0.0641. The average Bonchev–Trinajstić information content (AvgIpc) is 3.11. The molecule has 1 aliphatic heterocycles. The Bertz CT molecular complexity index is 1090. The molecular formula is C18H14F5N5O. The number of benzene rings is 1. The van der Waals surface area contributed by atoms with Gasteiger partial charge in [-0.05, 0) is 25.1 Å². The number of piperidine rings is 1. The maximum atomic E-state index is 14.5. The summed E-state index contributed by atoms with van der Waals surface area (Å²) in [5, 5.41) is 4.00. The first-order valence-electron chi connectivity index (χ1n) is 8.63. The highest BCUT2D eigenvalue weighted by atomic mass is 19.3. The third-order valence-electron chi connectivity index (χ3n) is 4.75. The molecule has 0 bridgehead atoms. The average molecular weight is 411 g/mol. The maximum absolute atomic E-state index is 14.5. The number of nitrogens with zero attached hydrogens (tertiary/aromatic N) is 5. The van der Waals surface area contributed by atoms with Crippen molar-refractivity contribution >= 4 is 11.7 Å². The summed E-state index contributed by atoms with van der Waals surface area (Å²) < 4.78 is 70.4. The molecule has 11 heteroatoms. The van der Waals surface area contributed by atoms with Crippen LogP contribution in [0.15, 0.2) is 24.5 Å². The minimum absolute atomic E-state index is 0.145. The number of amides is 1. The van der Waals surface area contributed by atoms with E-state index in [4.69, 9.17) is 0 Å². The molecule has 0 unspecified atom stereocenters. The molecule has 1 amide bonds. The van der Waals surface area contributed by atoms with E-state index in [1.54, 1.807) is 13.0 Å². The summed E-state index contributed by atoms with van der Waals surface area (Å²) in [6.07, 6.45) is 0.681. The molecule has 3 heterocycles. The molecule has 1 saturated heterocycles. The fourth-order valence-corrected chi connectivity index (χ4v) is 3.56. The van der Waals surface area contributed by atoms with Gasteiger partial charge in [0.05, 0.1) is 12.2 Å². The highest BCUT2D eigenvalue weighted by Crippen LogP contribution is 2.37. The van der Waals surface area contributed by atoms with Crippen molar-refractivity contribution in [3.8, 4) is 0 Å². The predicted molar refractivity (Wildman–Crippen MR) is 90.0 cm³/mol. The Morgan fingerprint density at radius 2 is 1.86 bits per heavy atom. The van der Waals surface area contributed by atoms with E-state index in [1.807, 2.05) is 0 Å². The van der Waals surface area contributed by atoms with Crippen LogP contribution in [0.1, 0.15) is 34.1 Å². The minimum atomic E-state index is -3.25. The van der Waals surface area contributed by atoms with Crippen molar-refractivity contribution in [2.75, 3.05) is 13.1 Å². The molecule has 0 N–H and O–H groups in total. The lowest BCUT2D eigenvalue weighted by atomic mass is 9.91. The number of halogens is 5. The van der Waals surface area contributed by atoms with Gasteiger partial charge in [-0.15, -0.1) is 0 Å². The van der Waals surface area contributed by atoms with Gasteiger partial charge in [0.2, 0.25) is 0 Å². The number of carbonyl (C=O) groups is 1. The SMILES string of the molecule is Cc1cc([C@@H]2CN(C(=O)c3cc(F)c(F)c(F)c3)CC(F)(F)C2)n2ncnc2n1. The van der Waals surface area contributed by atoms with Gasteiger partial charge in [0.25, 0.3) is 17.6 Å². The topological polar surface area (TPSA) is 63.4 Å². The molecule has 0 spiro atoms. The second kappa shape index (κ2) is 6.75. The Balaban J connectivity index is 1.71. The summed E-state index contributed by atoms with van der Waals surface area (Å²) in [4.78, 5) is 21.6. The number of alkyl halides is 2. The summed E-state index contributed by atoms with van der Waals surface area (Å²) in [5.74, 6) is -9.74. The number of fused-ring (bicyclic) bond motifs is 1. The number of likely N-dealkylation sites (tertiary alicyclic amines) is 1. The van der Waals surface area contributed by atoms with E-state index in [1.165, 1.54) is 10.8 Å². The number of hydrogen-bond acceptors (Lipinski definition) is 4. The smallest absolute Gasteiger partial charge is 0.266 e. The molecule has 1 aliphatic rings. The van der Waals surface area contributed by atoms with Gasteiger partial charge in [-0.3, -0.25) is 4.79 Å². The van der Waals surface area contributed by atoms with Gasteiger partial charge < -0.3 is 4.90 Å². The maximum Gasteiger partial charge on any atom is 0.266 e. The van der Waals surface area contributed by atoms with Crippen molar-refractivity contribution in [2.24, 2.45) is 0 Å². The first kappa shape index (κ1) is 19.2. The van der Waals surface area contributed by atoms with Crippen LogP contribution in [-0.4, -0.2) is 49.4 Å². The van der Waals surface area contributed by atoms with Crippen LogP contribution < -0.4 is 0 Å². The lowest BCUT2D eigenvalue weighted by Crippen LogP contribution is -2.49. The molecule has 1 fully saturated rings. The molecule has 1 aromatic carbocycles. The van der Waals surface area contributed by atoms with Crippen LogP contribution >= 0.6 is 0 Å². The molecule has 2 aromatic heterocycles. The lowest BCUT2D eigenvalue weighted by Gasteiger charge is -2.37. The number of rotatable bonds is 2. The van der Waals surface area contributed by atoms with Gasteiger partial charge in [-0.2, -0.15) is 10.1 Å². The normalized spacial score (nSPS) is 19.0. The van der Waals surface area contributed by atoms with Crippen LogP contribution in [0.2, 0.25) is 0 Å². The zero-order valence-electron chi connectivity index (χ0n) is 15.0. The highest BCUT2D eigenvalue weighted by molar-refractivity contribution is 5.94. The number of carbonyl (C=O) groups excluding carboxylic acids is 1. The Morgan fingerprint density at radius 3 is 2.55 bits per heavy atom. The third kappa shape index (κ3) is 3.52. The van der Waals surface area contributed by atoms with Gasteiger partial charge in [0.1, 0.15) is 6.33 Å². The quantitative estimate of drug-likeness (QED) is 0.480. The molecule has 1 atom stereocenters. The van der Waals surface area contributed by atoms with Crippen molar-refractivity contribution < 1.29 is 26.7 Å². The van der Waals surface area contributed by atoms with Crippen molar-refractivity contribution in [2.45, 2.75) is 25.2 Å². The molecule has 6 nitrogen and oxygen atoms in total. The molecule has 0 radical (unpaired) electrons. The summed E-state index contributed by atoms with van der Waals surface area (Å²) in [5.41, 5.74) is 0.378. The third-order valence-corrected chi connectivity index (χ3v) is 4.75. The number of aromatic nitrogens is 4. The molecule has 4 rings (SSSR count). The van der Waals surface area contributed by atoms with E-state index in [-0.39, 0.29) is 12.3 Å². The van der Waals surface area contributed by atoms with Gasteiger partial charge in [0.15, 0.2) is 17.5 Å². The molecule has 3 aromatic rings. The monoisotopic (exact) mass is 411 g/mol. The summed E-state index contributed by atoms with van der Waals surface area (Å²) >= 11 is 0. The fourth-order valence-electron chi connectivity index (χ4n) is 3.56. The van der Waals surface area contributed by atoms with E-state index in [0.29, 0.717) is 23.5 Å². The standard InChI is InChI=1S/C18H14F5N5O/c1-9-2-14(28-17(26-9)24-8-25-28)11-5-18(22,23)7-27(6-11)16(29)10-3-12(19)15(21)13(20)4-10/h2-4,8,11H,5-7H2,1H3/t11-/m0/s1. The van der Waals surface area contributed by atoms with Gasteiger partial charge >= 0.3 is 0 Å². The van der Waals surface area contributed by atoms with E-state index in [0.717, 1.165) is 4.90 Å². The number of aryl methyl sites for hydroxylation is 1. The first-order valence-corrected chi connectivity index (χ1v) is 8.63. The predicted octanol–water partition coefficient (Wildman–Crippen LogP) is 3.12. The van der Waals surface area contributed by atoms with Crippen molar-refractivity contribution in [3.05, 3.63) is 58.9 Å². The zero-order valence-corrected chi connectivity index (χ0v) is 15.0. The molecule has 152 valence electrons. The van der Waals surface area contributed by atoms with Gasteiger partial charge in [0, 0.05) is 30.1 Å². The largest absolute Gasteiger partial charge is 0.332 e. The van der Waals surface area contributed by atoms with Gasteiger partial charge in [-0.25, -0.2) is 31.5 Å². The van der Waals surface area contributed by atoms with E-state index in [2.05, 4.69) is 15.1 Å². The molecule has 29 heavy (non-hydrogen) atoms. The molecular weight excluding hydrogens is 397 g/mol. The Labute approximate surface area is 161 Å². The van der Waals surface area contributed by atoms with Crippen LogP contribution in [0.4, 0.5) is 22.0 Å². The van der Waals surface area contributed by atoms with Crippen LogP contribution in [0.3, 0.4) is 0 Å². The molecule has 0 aliphatic carbocycles. The highest BCUT2D eigenvalue weighted by Gasteiger charge is 2.43. The fraction of sp³-hybridized carbons (Fsp3) is 0.333. The summed E-state index contributed by atoms with van der Waals surface area (Å²) in [6, 6.07) is 2.57. The van der Waals surface area contributed by atoms with Gasteiger partial charge in [-0.1, -0.05) is 0 Å². The number of hydrogen-bond donors (Lipinski definition) is 0. The Morgan fingerprint density at radius 1 is 1.17 bits per heavy atom. The Hall–Kier alpha value is -3.11. The second-order valence-electron chi connectivity index (χ2n) is 6.99. The zero-order chi connectivity index (χ0) is 20.9. The van der Waals surface area contributed by atoms with Crippen molar-refractivity contribution in [1.29, 1.82) is 0 Å². The summed E-state index contributed by atoms with van der Waals surface area (Å²) in [6.45, 7) is 0.604. The van der Waals surface area contributed by atoms with E-state index >= 15 is 0 Å². The first-order chi connectivity index (χ1) is 13.6. The van der Waals surface area contributed by atoms with Crippen LogP contribution in [0, 0.1) is 24.4 Å². The minimum Gasteiger partial charge on any atom is -0.332 e. The van der Waals surface area contributed by atoms with Crippen molar-refractivity contribution in [1.82, 2.24) is 24.5 Å². The summed E-state index contributed by atoms with van der Waals surface area (Å²) in [7, 11) is 0. The second-order valence-corrected chi connectivity index (χ2v) is 6.99. The van der Waals surface area contributed by atoms with E-state index < -0.39 is 53.7 Å². The molecule has 0 saturated carbocycles. The van der Waals surface area contributed by atoms with Crippen LogP contribution in [-0.2, 0) is 0 Å². The van der Waals surface area contributed by atoms with Crippen LogP contribution in [0.5, 0.6) is 0 Å².